The Bertz CT molecular complexity index is 552. The molecule has 0 amide bonds. The van der Waals surface area contributed by atoms with Crippen LogP contribution in [0.4, 0.5) is 0 Å². The molecule has 2 aromatic rings. The number of hydrogen-bond donors (Lipinski definition) is 2. The van der Waals surface area contributed by atoms with E-state index in [4.69, 9.17) is 10.8 Å². The molecule has 2 aromatic carbocycles. The second-order valence-corrected chi connectivity index (χ2v) is 4.63. The SMILES string of the molecule is NC(Cc1cccc(Cc2ccccc2)c1)C(=O)O. The van der Waals surface area contributed by atoms with E-state index in [2.05, 4.69) is 12.1 Å². The molecule has 3 N–H and O–H groups in total. The van der Waals surface area contributed by atoms with Crippen LogP contribution in [0.25, 0.3) is 0 Å². The van der Waals surface area contributed by atoms with Crippen LogP contribution >= 0.6 is 0 Å². The van der Waals surface area contributed by atoms with Gasteiger partial charge in [-0.15, -0.1) is 0 Å². The molecule has 0 fully saturated rings. The fourth-order valence-electron chi connectivity index (χ4n) is 2.04. The second-order valence-electron chi connectivity index (χ2n) is 4.63. The number of carboxylic acid groups (broad SMARTS) is 1. The third-order valence-corrected chi connectivity index (χ3v) is 3.02. The molecular formula is C16H17NO2. The third-order valence-electron chi connectivity index (χ3n) is 3.02. The summed E-state index contributed by atoms with van der Waals surface area (Å²) in [6.07, 6.45) is 1.20. The Labute approximate surface area is 112 Å². The molecule has 3 heteroatoms. The van der Waals surface area contributed by atoms with Crippen LogP contribution in [0.5, 0.6) is 0 Å². The van der Waals surface area contributed by atoms with Gasteiger partial charge in [-0.25, -0.2) is 0 Å². The van der Waals surface area contributed by atoms with E-state index >= 15 is 0 Å². The molecular weight excluding hydrogens is 238 g/mol. The minimum Gasteiger partial charge on any atom is -0.480 e. The number of benzene rings is 2. The summed E-state index contributed by atoms with van der Waals surface area (Å²) in [5.74, 6) is -0.964. The number of hydrogen-bond acceptors (Lipinski definition) is 2. The number of aliphatic carboxylic acids is 1. The van der Waals surface area contributed by atoms with E-state index in [-0.39, 0.29) is 0 Å². The first-order valence-corrected chi connectivity index (χ1v) is 6.25. The molecule has 0 saturated carbocycles. The molecule has 0 aliphatic carbocycles. The van der Waals surface area contributed by atoms with E-state index in [9.17, 15) is 4.79 Å². The summed E-state index contributed by atoms with van der Waals surface area (Å²) >= 11 is 0. The standard InChI is InChI=1S/C16H17NO2/c17-15(16(18)19)11-14-8-4-7-13(10-14)9-12-5-2-1-3-6-12/h1-8,10,15H,9,11,17H2,(H,18,19). The minimum atomic E-state index is -0.964. The molecule has 0 aliphatic rings. The van der Waals surface area contributed by atoms with Crippen LogP contribution in [0, 0.1) is 0 Å². The summed E-state index contributed by atoms with van der Waals surface area (Å²) in [5.41, 5.74) is 8.92. The normalized spacial score (nSPS) is 12.1. The highest BCUT2D eigenvalue weighted by atomic mass is 16.4. The molecule has 3 nitrogen and oxygen atoms in total. The van der Waals surface area contributed by atoms with Crippen molar-refractivity contribution in [2.24, 2.45) is 5.73 Å². The molecule has 98 valence electrons. The van der Waals surface area contributed by atoms with Gasteiger partial charge in [-0.05, 0) is 29.5 Å². The van der Waals surface area contributed by atoms with Gasteiger partial charge < -0.3 is 10.8 Å². The zero-order valence-electron chi connectivity index (χ0n) is 10.6. The lowest BCUT2D eigenvalue weighted by Gasteiger charge is -2.08. The van der Waals surface area contributed by atoms with E-state index in [1.54, 1.807) is 0 Å². The molecule has 1 atom stereocenters. The Balaban J connectivity index is 2.09. The maximum Gasteiger partial charge on any atom is 0.320 e. The maximum atomic E-state index is 10.8. The highest BCUT2D eigenvalue weighted by Crippen LogP contribution is 2.12. The van der Waals surface area contributed by atoms with Gasteiger partial charge >= 0.3 is 5.97 Å². The Morgan fingerprint density at radius 2 is 1.63 bits per heavy atom. The molecule has 0 spiro atoms. The molecule has 19 heavy (non-hydrogen) atoms. The lowest BCUT2D eigenvalue weighted by Crippen LogP contribution is -2.32. The van der Waals surface area contributed by atoms with Crippen LogP contribution in [-0.2, 0) is 17.6 Å². The minimum absolute atomic E-state index is 0.359. The van der Waals surface area contributed by atoms with Gasteiger partial charge in [0.2, 0.25) is 0 Å². The van der Waals surface area contributed by atoms with Crippen molar-refractivity contribution >= 4 is 5.97 Å². The van der Waals surface area contributed by atoms with Crippen molar-refractivity contribution in [3.8, 4) is 0 Å². The molecule has 0 saturated heterocycles. The predicted octanol–water partition coefficient (Wildman–Crippen LogP) is 2.23. The van der Waals surface area contributed by atoms with Crippen LogP contribution in [0.3, 0.4) is 0 Å². The van der Waals surface area contributed by atoms with Crippen LogP contribution < -0.4 is 5.73 Å². The van der Waals surface area contributed by atoms with E-state index < -0.39 is 12.0 Å². The molecule has 0 aromatic heterocycles. The van der Waals surface area contributed by atoms with Gasteiger partial charge in [-0.3, -0.25) is 4.79 Å². The summed E-state index contributed by atoms with van der Waals surface area (Å²) in [7, 11) is 0. The maximum absolute atomic E-state index is 10.8. The number of rotatable bonds is 5. The van der Waals surface area contributed by atoms with Gasteiger partial charge in [0.1, 0.15) is 6.04 Å². The summed E-state index contributed by atoms with van der Waals surface area (Å²) in [6.45, 7) is 0. The molecule has 0 radical (unpaired) electrons. The van der Waals surface area contributed by atoms with Crippen molar-refractivity contribution in [3.05, 3.63) is 71.3 Å². The van der Waals surface area contributed by atoms with Gasteiger partial charge in [0, 0.05) is 0 Å². The van der Waals surface area contributed by atoms with E-state index in [0.29, 0.717) is 6.42 Å². The first-order valence-electron chi connectivity index (χ1n) is 6.25. The Morgan fingerprint density at radius 1 is 1.00 bits per heavy atom. The topological polar surface area (TPSA) is 63.3 Å². The number of carboxylic acids is 1. The first kappa shape index (κ1) is 13.3. The van der Waals surface area contributed by atoms with Crippen molar-refractivity contribution in [1.29, 1.82) is 0 Å². The largest absolute Gasteiger partial charge is 0.480 e. The van der Waals surface area contributed by atoms with Crippen molar-refractivity contribution in [1.82, 2.24) is 0 Å². The van der Waals surface area contributed by atoms with Crippen LogP contribution in [-0.4, -0.2) is 17.1 Å². The molecule has 1 unspecified atom stereocenters. The summed E-state index contributed by atoms with van der Waals surface area (Å²) in [6, 6.07) is 17.3. The van der Waals surface area contributed by atoms with Gasteiger partial charge in [-0.2, -0.15) is 0 Å². The van der Waals surface area contributed by atoms with Crippen molar-refractivity contribution in [2.75, 3.05) is 0 Å². The molecule has 2 rings (SSSR count). The molecule has 0 bridgehead atoms. The summed E-state index contributed by atoms with van der Waals surface area (Å²) < 4.78 is 0. The summed E-state index contributed by atoms with van der Waals surface area (Å²) in [5, 5.41) is 8.82. The van der Waals surface area contributed by atoms with Crippen LogP contribution in [0.1, 0.15) is 16.7 Å². The van der Waals surface area contributed by atoms with E-state index in [0.717, 1.165) is 12.0 Å². The highest BCUT2D eigenvalue weighted by Gasteiger charge is 2.12. The van der Waals surface area contributed by atoms with Gasteiger partial charge in [0.25, 0.3) is 0 Å². The quantitative estimate of drug-likeness (QED) is 0.861. The Hall–Kier alpha value is -2.13. The number of carbonyl (C=O) groups is 1. The summed E-state index contributed by atoms with van der Waals surface area (Å²) in [4.78, 5) is 10.8. The van der Waals surface area contributed by atoms with Crippen molar-refractivity contribution in [2.45, 2.75) is 18.9 Å². The molecule has 0 aliphatic heterocycles. The smallest absolute Gasteiger partial charge is 0.320 e. The van der Waals surface area contributed by atoms with E-state index in [1.165, 1.54) is 11.1 Å². The second kappa shape index (κ2) is 6.16. The number of nitrogens with two attached hydrogens (primary N) is 1. The highest BCUT2D eigenvalue weighted by molar-refractivity contribution is 5.73. The zero-order chi connectivity index (χ0) is 13.7. The Morgan fingerprint density at radius 3 is 2.32 bits per heavy atom. The van der Waals surface area contributed by atoms with Gasteiger partial charge in [-0.1, -0.05) is 54.6 Å². The molecule has 0 heterocycles. The Kier molecular flexibility index (Phi) is 4.31. The van der Waals surface area contributed by atoms with Crippen LogP contribution in [0.2, 0.25) is 0 Å². The van der Waals surface area contributed by atoms with Gasteiger partial charge in [0.15, 0.2) is 0 Å². The third kappa shape index (κ3) is 3.93. The monoisotopic (exact) mass is 255 g/mol. The fourth-order valence-corrected chi connectivity index (χ4v) is 2.04. The van der Waals surface area contributed by atoms with Gasteiger partial charge in [0.05, 0.1) is 0 Å². The van der Waals surface area contributed by atoms with Crippen LogP contribution in [0.15, 0.2) is 54.6 Å². The predicted molar refractivity (Wildman–Crippen MR) is 75.0 cm³/mol. The van der Waals surface area contributed by atoms with E-state index in [1.807, 2.05) is 42.5 Å². The average Bonchev–Trinajstić information content (AvgIpc) is 2.40. The van der Waals surface area contributed by atoms with Crippen molar-refractivity contribution < 1.29 is 9.90 Å². The first-order chi connectivity index (χ1) is 9.15. The average molecular weight is 255 g/mol. The van der Waals surface area contributed by atoms with Crippen molar-refractivity contribution in [3.63, 3.8) is 0 Å². The zero-order valence-corrected chi connectivity index (χ0v) is 10.6. The fraction of sp³-hybridized carbons (Fsp3) is 0.188. The lowest BCUT2D eigenvalue weighted by molar-refractivity contribution is -0.138. The lowest BCUT2D eigenvalue weighted by atomic mass is 10.00.